The smallest absolute Gasteiger partial charge is 0.0626 e. The van der Waals surface area contributed by atoms with Crippen LogP contribution in [-0.4, -0.2) is 8.97 Å². The minimum atomic E-state index is 1.17. The van der Waals surface area contributed by atoms with Crippen molar-refractivity contribution in [2.75, 3.05) is 0 Å². The Labute approximate surface area is 264 Å². The SMILES string of the molecule is c1ccc(-n2c3cc(-c4cccc5c6ccc7cccc8c9ccccc9n(c45)c6c78)ccc3c3ccc4ccccc4c32)cc1. The Bertz CT molecular complexity index is 3010. The van der Waals surface area contributed by atoms with Crippen molar-refractivity contribution < 1.29 is 0 Å². The van der Waals surface area contributed by atoms with Crippen molar-refractivity contribution in [3.8, 4) is 16.8 Å². The maximum absolute atomic E-state index is 2.54. The molecule has 0 aliphatic rings. The Kier molecular flexibility index (Phi) is 4.61. The number of rotatable bonds is 2. The monoisotopic (exact) mass is 582 g/mol. The second kappa shape index (κ2) is 8.74. The number of hydrogen-bond donors (Lipinski definition) is 0. The molecular formula is C44H26N2. The number of nitrogens with zero attached hydrogens (tertiary/aromatic N) is 2. The molecule has 0 spiro atoms. The molecule has 3 aromatic heterocycles. The van der Waals surface area contributed by atoms with Crippen molar-refractivity contribution in [3.05, 3.63) is 158 Å². The van der Waals surface area contributed by atoms with E-state index in [0.717, 1.165) is 0 Å². The first kappa shape index (κ1) is 24.2. The van der Waals surface area contributed by atoms with E-state index in [9.17, 15) is 0 Å². The van der Waals surface area contributed by atoms with Crippen LogP contribution in [0.3, 0.4) is 0 Å². The van der Waals surface area contributed by atoms with Crippen LogP contribution < -0.4 is 0 Å². The number of hydrogen-bond acceptors (Lipinski definition) is 0. The number of fused-ring (bicyclic) bond motifs is 11. The van der Waals surface area contributed by atoms with Crippen molar-refractivity contribution >= 4 is 81.4 Å². The van der Waals surface area contributed by atoms with E-state index in [-0.39, 0.29) is 0 Å². The van der Waals surface area contributed by atoms with E-state index in [1.165, 1.54) is 98.3 Å². The minimum absolute atomic E-state index is 1.17. The topological polar surface area (TPSA) is 9.34 Å². The highest BCUT2D eigenvalue weighted by atomic mass is 15.0. The Balaban J connectivity index is 1.31. The van der Waals surface area contributed by atoms with Crippen LogP contribution in [0.5, 0.6) is 0 Å². The van der Waals surface area contributed by atoms with Crippen molar-refractivity contribution in [2.45, 2.75) is 0 Å². The largest absolute Gasteiger partial charge is 0.309 e. The Morgan fingerprint density at radius 2 is 0.978 bits per heavy atom. The lowest BCUT2D eigenvalue weighted by Crippen LogP contribution is -1.95. The molecule has 3 heterocycles. The van der Waals surface area contributed by atoms with Gasteiger partial charge in [0.25, 0.3) is 0 Å². The van der Waals surface area contributed by atoms with Gasteiger partial charge in [-0.15, -0.1) is 0 Å². The molecule has 11 aromatic rings. The predicted molar refractivity (Wildman–Crippen MR) is 196 cm³/mol. The van der Waals surface area contributed by atoms with Crippen molar-refractivity contribution in [1.82, 2.24) is 8.97 Å². The average Bonchev–Trinajstić information content (AvgIpc) is 3.65. The molecule has 0 amide bonds. The summed E-state index contributed by atoms with van der Waals surface area (Å²) in [7, 11) is 0. The summed E-state index contributed by atoms with van der Waals surface area (Å²) >= 11 is 0. The number of para-hydroxylation sites is 3. The summed E-state index contributed by atoms with van der Waals surface area (Å²) in [6.07, 6.45) is 0. The number of benzene rings is 8. The summed E-state index contributed by atoms with van der Waals surface area (Å²) in [5.41, 5.74) is 9.92. The van der Waals surface area contributed by atoms with Crippen LogP contribution in [-0.2, 0) is 0 Å². The maximum atomic E-state index is 2.54. The van der Waals surface area contributed by atoms with Crippen molar-refractivity contribution in [3.63, 3.8) is 0 Å². The lowest BCUT2D eigenvalue weighted by molar-refractivity contribution is 1.19. The fourth-order valence-corrected chi connectivity index (χ4v) is 8.31. The zero-order valence-electron chi connectivity index (χ0n) is 24.9. The van der Waals surface area contributed by atoms with Gasteiger partial charge in [0, 0.05) is 49.0 Å². The number of pyridine rings is 1. The average molecular weight is 583 g/mol. The summed E-state index contributed by atoms with van der Waals surface area (Å²) in [5, 5.41) is 12.9. The van der Waals surface area contributed by atoms with Gasteiger partial charge in [-0.3, -0.25) is 0 Å². The van der Waals surface area contributed by atoms with Gasteiger partial charge < -0.3 is 8.97 Å². The van der Waals surface area contributed by atoms with Crippen LogP contribution in [0.1, 0.15) is 0 Å². The molecule has 0 saturated heterocycles. The second-order valence-electron chi connectivity index (χ2n) is 12.5. The third kappa shape index (κ3) is 3.01. The third-order valence-electron chi connectivity index (χ3n) is 10.2. The summed E-state index contributed by atoms with van der Waals surface area (Å²) < 4.78 is 5.00. The molecule has 0 unspecified atom stereocenters. The zero-order valence-corrected chi connectivity index (χ0v) is 24.9. The third-order valence-corrected chi connectivity index (χ3v) is 10.2. The van der Waals surface area contributed by atoms with Crippen LogP contribution in [0.15, 0.2) is 158 Å². The normalized spacial score (nSPS) is 12.3. The predicted octanol–water partition coefficient (Wildman–Crippen LogP) is 11.9. The van der Waals surface area contributed by atoms with E-state index in [2.05, 4.69) is 167 Å². The van der Waals surface area contributed by atoms with Gasteiger partial charge in [-0.2, -0.15) is 0 Å². The van der Waals surface area contributed by atoms with Gasteiger partial charge in [0.1, 0.15) is 0 Å². The van der Waals surface area contributed by atoms with E-state index in [4.69, 9.17) is 0 Å². The summed E-state index contributed by atoms with van der Waals surface area (Å²) in [4.78, 5) is 0. The summed E-state index contributed by atoms with van der Waals surface area (Å²) in [6.45, 7) is 0. The first-order valence-electron chi connectivity index (χ1n) is 16.0. The van der Waals surface area contributed by atoms with Gasteiger partial charge in [-0.05, 0) is 46.0 Å². The van der Waals surface area contributed by atoms with E-state index in [1.807, 2.05) is 0 Å². The van der Waals surface area contributed by atoms with E-state index in [0.29, 0.717) is 0 Å². The summed E-state index contributed by atoms with van der Waals surface area (Å²) in [5.74, 6) is 0. The van der Waals surface area contributed by atoms with Crippen LogP contribution in [0.4, 0.5) is 0 Å². The maximum Gasteiger partial charge on any atom is 0.0626 e. The summed E-state index contributed by atoms with van der Waals surface area (Å²) in [6, 6.07) is 58.2. The molecule has 0 N–H and O–H groups in total. The Morgan fingerprint density at radius 1 is 0.348 bits per heavy atom. The molecule has 0 aliphatic carbocycles. The molecule has 0 atom stereocenters. The van der Waals surface area contributed by atoms with Gasteiger partial charge in [0.15, 0.2) is 0 Å². The lowest BCUT2D eigenvalue weighted by Gasteiger charge is -2.14. The molecule has 2 heteroatoms. The number of aromatic nitrogens is 2. The minimum Gasteiger partial charge on any atom is -0.309 e. The van der Waals surface area contributed by atoms with Gasteiger partial charge >= 0.3 is 0 Å². The van der Waals surface area contributed by atoms with E-state index < -0.39 is 0 Å². The van der Waals surface area contributed by atoms with Crippen LogP contribution >= 0.6 is 0 Å². The van der Waals surface area contributed by atoms with E-state index in [1.54, 1.807) is 0 Å². The Morgan fingerprint density at radius 3 is 1.89 bits per heavy atom. The van der Waals surface area contributed by atoms with Crippen molar-refractivity contribution in [2.24, 2.45) is 0 Å². The fraction of sp³-hybridized carbons (Fsp3) is 0. The van der Waals surface area contributed by atoms with Crippen LogP contribution in [0, 0.1) is 0 Å². The molecule has 0 bridgehead atoms. The molecule has 11 rings (SSSR count). The molecule has 212 valence electrons. The van der Waals surface area contributed by atoms with Crippen molar-refractivity contribution in [1.29, 1.82) is 0 Å². The highest BCUT2D eigenvalue weighted by Gasteiger charge is 2.21. The standard InChI is InChI=1S/C44H26N2/c1-2-12-30(13-3-1)45-40-26-29(22-23-34(40)37-24-20-27-10-4-5-14-31(27)42(37)45)32-16-9-18-36-38-25-21-28-11-8-17-35-33-15-6-7-19-39(33)46(43(32)36)44(38)41(28)35/h1-26H. The molecule has 0 aliphatic heterocycles. The molecule has 2 nitrogen and oxygen atoms in total. The van der Waals surface area contributed by atoms with Gasteiger partial charge in [0.2, 0.25) is 0 Å². The van der Waals surface area contributed by atoms with Crippen LogP contribution in [0.25, 0.3) is 98.3 Å². The molecule has 0 radical (unpaired) electrons. The van der Waals surface area contributed by atoms with Gasteiger partial charge in [-0.25, -0.2) is 0 Å². The first-order valence-corrected chi connectivity index (χ1v) is 16.0. The Hall–Kier alpha value is -6.12. The molecule has 46 heavy (non-hydrogen) atoms. The second-order valence-corrected chi connectivity index (χ2v) is 12.5. The highest BCUT2D eigenvalue weighted by Crippen LogP contribution is 2.45. The van der Waals surface area contributed by atoms with Gasteiger partial charge in [0.05, 0.1) is 27.6 Å². The molecular weight excluding hydrogens is 556 g/mol. The highest BCUT2D eigenvalue weighted by molar-refractivity contribution is 6.29. The lowest BCUT2D eigenvalue weighted by atomic mass is 9.98. The molecule has 0 fully saturated rings. The molecule has 8 aromatic carbocycles. The fourth-order valence-electron chi connectivity index (χ4n) is 8.31. The first-order chi connectivity index (χ1) is 22.8. The van der Waals surface area contributed by atoms with E-state index >= 15 is 0 Å². The van der Waals surface area contributed by atoms with Crippen LogP contribution in [0.2, 0.25) is 0 Å². The quantitative estimate of drug-likeness (QED) is 0.142. The van der Waals surface area contributed by atoms with Gasteiger partial charge in [-0.1, -0.05) is 133 Å². The zero-order chi connectivity index (χ0) is 29.9. The molecule has 0 saturated carbocycles.